The van der Waals surface area contributed by atoms with Crippen LogP contribution in [0.15, 0.2) is 4.99 Å². The largest absolute Gasteiger partial charge is 0.454 e. The molecule has 3 nitrogen and oxygen atoms in total. The molecular weight excluding hydrogens is 160 g/mol. The van der Waals surface area contributed by atoms with Crippen LogP contribution in [0.4, 0.5) is 0 Å². The molecule has 0 rings (SSSR count). The van der Waals surface area contributed by atoms with Crippen molar-refractivity contribution in [1.29, 1.82) is 0 Å². The number of ether oxygens (including phenoxy) is 1. The molecule has 0 amide bonds. The third-order valence-electron chi connectivity index (χ3n) is 1.15. The first-order chi connectivity index (χ1) is 5.24. The lowest BCUT2D eigenvalue weighted by atomic mass is 10.7. The van der Waals surface area contributed by atoms with Crippen LogP contribution in [0.25, 0.3) is 0 Å². The van der Waals surface area contributed by atoms with Gasteiger partial charge in [-0.3, -0.25) is 5.32 Å². The number of thioether (sulfide) groups is 1. The van der Waals surface area contributed by atoms with E-state index in [-0.39, 0.29) is 6.23 Å². The second-order valence-electron chi connectivity index (χ2n) is 1.99. The molecule has 0 radical (unpaired) electrons. The molecule has 0 aliphatic heterocycles. The molecule has 0 aromatic heterocycles. The molecule has 1 atom stereocenters. The molecule has 4 heteroatoms. The number of nitrogens with zero attached hydrogens (tertiary/aromatic N) is 1. The minimum absolute atomic E-state index is 0.0350. The van der Waals surface area contributed by atoms with Crippen molar-refractivity contribution in [3.63, 3.8) is 0 Å². The predicted molar refractivity (Wildman–Crippen MR) is 51.1 cm³/mol. The summed E-state index contributed by atoms with van der Waals surface area (Å²) in [6.45, 7) is 4.71. The van der Waals surface area contributed by atoms with Crippen molar-refractivity contribution in [2.75, 3.05) is 19.8 Å². The van der Waals surface area contributed by atoms with Crippen molar-refractivity contribution >= 4 is 17.0 Å². The predicted octanol–water partition coefficient (Wildman–Crippen LogP) is 1.31. The quantitative estimate of drug-likeness (QED) is 0.400. The van der Waals surface area contributed by atoms with Crippen molar-refractivity contribution in [3.05, 3.63) is 0 Å². The fourth-order valence-electron chi connectivity index (χ4n) is 0.489. The van der Waals surface area contributed by atoms with Crippen LogP contribution >= 0.6 is 11.8 Å². The van der Waals surface area contributed by atoms with Crippen LogP contribution in [0.3, 0.4) is 0 Å². The molecule has 0 aliphatic rings. The van der Waals surface area contributed by atoms with E-state index in [2.05, 4.69) is 10.3 Å². The zero-order valence-corrected chi connectivity index (χ0v) is 8.36. The lowest BCUT2D eigenvalue weighted by Gasteiger charge is -2.13. The van der Waals surface area contributed by atoms with Gasteiger partial charge in [-0.2, -0.15) is 0 Å². The van der Waals surface area contributed by atoms with Crippen LogP contribution in [0.2, 0.25) is 0 Å². The standard InChI is InChI=1S/C7H16N2OS/c1-5-9-7(11-4)10-6(2)8-3/h6,8H,5H2,1-4H3/b9-7+. The number of aliphatic imine (C=N–C) groups is 1. The summed E-state index contributed by atoms with van der Waals surface area (Å²) in [5, 5.41) is 3.72. The van der Waals surface area contributed by atoms with Gasteiger partial charge in [0.2, 0.25) is 5.23 Å². The highest BCUT2D eigenvalue weighted by molar-refractivity contribution is 8.12. The summed E-state index contributed by atoms with van der Waals surface area (Å²) in [6, 6.07) is 0. The maximum absolute atomic E-state index is 5.39. The molecule has 0 saturated carbocycles. The smallest absolute Gasteiger partial charge is 0.247 e. The van der Waals surface area contributed by atoms with Gasteiger partial charge >= 0.3 is 0 Å². The average Bonchev–Trinajstić information content (AvgIpc) is 2.03. The van der Waals surface area contributed by atoms with E-state index in [0.29, 0.717) is 0 Å². The molecule has 0 spiro atoms. The van der Waals surface area contributed by atoms with Gasteiger partial charge in [0.1, 0.15) is 6.23 Å². The average molecular weight is 176 g/mol. The fourth-order valence-corrected chi connectivity index (χ4v) is 0.988. The van der Waals surface area contributed by atoms with E-state index in [0.717, 1.165) is 11.8 Å². The zero-order valence-electron chi connectivity index (χ0n) is 7.55. The van der Waals surface area contributed by atoms with Gasteiger partial charge in [-0.05, 0) is 27.2 Å². The van der Waals surface area contributed by atoms with Crippen LogP contribution in [0.5, 0.6) is 0 Å². The Balaban J connectivity index is 3.77. The minimum atomic E-state index is 0.0350. The Bertz CT molecular complexity index is 128. The van der Waals surface area contributed by atoms with Crippen LogP contribution in [0, 0.1) is 0 Å². The van der Waals surface area contributed by atoms with Crippen LogP contribution in [-0.2, 0) is 4.74 Å². The molecule has 0 saturated heterocycles. The number of hydrogen-bond acceptors (Lipinski definition) is 4. The summed E-state index contributed by atoms with van der Waals surface area (Å²) in [5.74, 6) is 0. The Kier molecular flexibility index (Phi) is 6.36. The zero-order chi connectivity index (χ0) is 8.69. The number of nitrogens with one attached hydrogen (secondary N) is 1. The van der Waals surface area contributed by atoms with Crippen molar-refractivity contribution in [3.8, 4) is 0 Å². The van der Waals surface area contributed by atoms with E-state index < -0.39 is 0 Å². The summed E-state index contributed by atoms with van der Waals surface area (Å²) < 4.78 is 5.39. The molecule has 0 aromatic rings. The monoisotopic (exact) mass is 176 g/mol. The van der Waals surface area contributed by atoms with E-state index in [4.69, 9.17) is 4.74 Å². The molecule has 0 aliphatic carbocycles. The molecule has 66 valence electrons. The molecule has 0 bridgehead atoms. The summed E-state index contributed by atoms with van der Waals surface area (Å²) in [6.07, 6.45) is 1.99. The maximum atomic E-state index is 5.39. The normalized spacial score (nSPS) is 14.7. The van der Waals surface area contributed by atoms with Crippen molar-refractivity contribution in [2.24, 2.45) is 4.99 Å². The molecule has 1 unspecified atom stereocenters. The van der Waals surface area contributed by atoms with Gasteiger partial charge in [0.25, 0.3) is 0 Å². The highest BCUT2D eigenvalue weighted by Gasteiger charge is 2.01. The molecular formula is C7H16N2OS. The summed E-state index contributed by atoms with van der Waals surface area (Å²) in [7, 11) is 1.86. The maximum Gasteiger partial charge on any atom is 0.247 e. The molecule has 11 heavy (non-hydrogen) atoms. The van der Waals surface area contributed by atoms with Gasteiger partial charge in [-0.15, -0.1) is 0 Å². The van der Waals surface area contributed by atoms with E-state index in [1.54, 1.807) is 0 Å². The third-order valence-corrected chi connectivity index (χ3v) is 1.72. The number of rotatable bonds is 3. The highest BCUT2D eigenvalue weighted by Crippen LogP contribution is 2.02. The second kappa shape index (κ2) is 6.49. The lowest BCUT2D eigenvalue weighted by Crippen LogP contribution is -2.26. The van der Waals surface area contributed by atoms with Crippen molar-refractivity contribution in [1.82, 2.24) is 5.32 Å². The first kappa shape index (κ1) is 10.8. The molecule has 0 fully saturated rings. The first-order valence-corrected chi connectivity index (χ1v) is 4.89. The third kappa shape index (κ3) is 5.09. The van der Waals surface area contributed by atoms with Gasteiger partial charge < -0.3 is 4.74 Å². The SMILES string of the molecule is CC/N=C(\OC(C)NC)SC. The van der Waals surface area contributed by atoms with Gasteiger partial charge in [0.05, 0.1) is 0 Å². The molecule has 0 heterocycles. The Morgan fingerprint density at radius 2 is 2.36 bits per heavy atom. The van der Waals surface area contributed by atoms with E-state index in [1.807, 2.05) is 27.2 Å². The highest BCUT2D eigenvalue weighted by atomic mass is 32.2. The molecule has 1 N–H and O–H groups in total. The van der Waals surface area contributed by atoms with E-state index in [9.17, 15) is 0 Å². The number of hydrogen-bond donors (Lipinski definition) is 1. The lowest BCUT2D eigenvalue weighted by molar-refractivity contribution is 0.187. The van der Waals surface area contributed by atoms with Crippen LogP contribution in [-0.4, -0.2) is 31.3 Å². The Morgan fingerprint density at radius 1 is 1.73 bits per heavy atom. The van der Waals surface area contributed by atoms with Gasteiger partial charge in [-0.25, -0.2) is 4.99 Å². The van der Waals surface area contributed by atoms with Gasteiger partial charge in [-0.1, -0.05) is 11.8 Å². The fraction of sp³-hybridized carbons (Fsp3) is 0.857. The Hall–Kier alpha value is -0.220. The van der Waals surface area contributed by atoms with E-state index >= 15 is 0 Å². The topological polar surface area (TPSA) is 33.6 Å². The van der Waals surface area contributed by atoms with E-state index in [1.165, 1.54) is 11.8 Å². The van der Waals surface area contributed by atoms with Crippen molar-refractivity contribution in [2.45, 2.75) is 20.1 Å². The first-order valence-electron chi connectivity index (χ1n) is 3.67. The Morgan fingerprint density at radius 3 is 2.73 bits per heavy atom. The van der Waals surface area contributed by atoms with Crippen LogP contribution in [0.1, 0.15) is 13.8 Å². The summed E-state index contributed by atoms with van der Waals surface area (Å²) >= 11 is 1.53. The Labute approximate surface area is 72.6 Å². The van der Waals surface area contributed by atoms with Gasteiger partial charge in [0.15, 0.2) is 0 Å². The second-order valence-corrected chi connectivity index (χ2v) is 2.75. The van der Waals surface area contributed by atoms with Gasteiger partial charge in [0, 0.05) is 6.54 Å². The minimum Gasteiger partial charge on any atom is -0.454 e. The summed E-state index contributed by atoms with van der Waals surface area (Å²) in [5.41, 5.74) is 0. The van der Waals surface area contributed by atoms with Crippen LogP contribution < -0.4 is 5.32 Å². The summed E-state index contributed by atoms with van der Waals surface area (Å²) in [4.78, 5) is 4.15. The van der Waals surface area contributed by atoms with Crippen molar-refractivity contribution < 1.29 is 4.74 Å². The molecule has 0 aromatic carbocycles.